The number of hydrogen-bond donors (Lipinski definition) is 3. The van der Waals surface area contributed by atoms with Gasteiger partial charge in [-0.05, 0) is 104 Å². The van der Waals surface area contributed by atoms with Gasteiger partial charge in [-0.1, -0.05) is 33.8 Å². The van der Waals surface area contributed by atoms with Crippen LogP contribution in [0, 0.1) is 56.7 Å². The quantitative estimate of drug-likeness (QED) is 0.474. The van der Waals surface area contributed by atoms with Crippen LogP contribution in [0.1, 0.15) is 92.4 Å². The second-order valence-corrected chi connectivity index (χ2v) is 14.2. The maximum Gasteiger partial charge on any atom is 0.309 e. The molecule has 0 bridgehead atoms. The van der Waals surface area contributed by atoms with Crippen LogP contribution in [0.15, 0.2) is 12.7 Å². The summed E-state index contributed by atoms with van der Waals surface area (Å²) < 4.78 is 0. The van der Waals surface area contributed by atoms with Gasteiger partial charge in [0, 0.05) is 11.8 Å². The first-order valence-electron chi connectivity index (χ1n) is 14.0. The lowest BCUT2D eigenvalue weighted by Crippen LogP contribution is -2.68. The van der Waals surface area contributed by atoms with Crippen LogP contribution in [0.25, 0.3) is 0 Å². The number of aliphatic carboxylic acids is 1. The molecule has 5 fully saturated rings. The smallest absolute Gasteiger partial charge is 0.309 e. The predicted molar refractivity (Wildman–Crippen MR) is 134 cm³/mol. The van der Waals surface area contributed by atoms with Gasteiger partial charge in [-0.15, -0.1) is 6.58 Å². The molecule has 0 spiro atoms. The van der Waals surface area contributed by atoms with E-state index in [1.165, 1.54) is 0 Å². The Labute approximate surface area is 210 Å². The van der Waals surface area contributed by atoms with E-state index in [9.17, 15) is 24.9 Å². The second-order valence-electron chi connectivity index (χ2n) is 14.2. The Bertz CT molecular complexity index is 943. The van der Waals surface area contributed by atoms with Gasteiger partial charge in [-0.3, -0.25) is 9.59 Å². The molecule has 0 aromatic heterocycles. The molecule has 5 saturated carbocycles. The molecule has 5 nitrogen and oxygen atoms in total. The average molecular weight is 487 g/mol. The van der Waals surface area contributed by atoms with Crippen LogP contribution < -0.4 is 0 Å². The molecule has 196 valence electrons. The van der Waals surface area contributed by atoms with E-state index in [0.717, 1.165) is 38.5 Å². The van der Waals surface area contributed by atoms with Crippen LogP contribution >= 0.6 is 0 Å². The Morgan fingerprint density at radius 3 is 2.29 bits per heavy atom. The van der Waals surface area contributed by atoms with Crippen LogP contribution in [-0.4, -0.2) is 39.3 Å². The number of carboxylic acids is 1. The van der Waals surface area contributed by atoms with Crippen LogP contribution in [0.5, 0.6) is 0 Å². The summed E-state index contributed by atoms with van der Waals surface area (Å²) in [5.41, 5.74) is -1.57. The molecular weight excluding hydrogens is 440 g/mol. The third-order valence-corrected chi connectivity index (χ3v) is 13.4. The fraction of sp³-hybridized carbons (Fsp3) is 0.867. The van der Waals surface area contributed by atoms with Crippen LogP contribution in [0.4, 0.5) is 0 Å². The zero-order valence-electron chi connectivity index (χ0n) is 22.3. The summed E-state index contributed by atoms with van der Waals surface area (Å²) in [6.45, 7) is 15.1. The van der Waals surface area contributed by atoms with Crippen molar-refractivity contribution in [3.8, 4) is 0 Å². The van der Waals surface area contributed by atoms with Crippen molar-refractivity contribution in [2.24, 2.45) is 56.7 Å². The lowest BCUT2D eigenvalue weighted by Gasteiger charge is -2.72. The molecule has 5 rings (SSSR count). The van der Waals surface area contributed by atoms with Crippen LogP contribution in [0.2, 0.25) is 0 Å². The largest absolute Gasteiger partial charge is 0.481 e. The molecule has 0 amide bonds. The molecule has 5 heteroatoms. The van der Waals surface area contributed by atoms with Gasteiger partial charge >= 0.3 is 5.97 Å². The molecule has 0 aromatic rings. The summed E-state index contributed by atoms with van der Waals surface area (Å²) in [6.07, 6.45) is 7.77. The van der Waals surface area contributed by atoms with Crippen molar-refractivity contribution >= 4 is 11.8 Å². The van der Waals surface area contributed by atoms with Crippen LogP contribution in [0.3, 0.4) is 0 Å². The van der Waals surface area contributed by atoms with Gasteiger partial charge < -0.3 is 15.3 Å². The Morgan fingerprint density at radius 1 is 1.00 bits per heavy atom. The van der Waals surface area contributed by atoms with E-state index in [1.807, 2.05) is 19.9 Å². The Kier molecular flexibility index (Phi) is 5.57. The summed E-state index contributed by atoms with van der Waals surface area (Å²) in [5.74, 6) is 0.150. The number of aliphatic hydroxyl groups excluding tert-OH is 2. The maximum absolute atomic E-state index is 13.2. The Hall–Kier alpha value is -1.20. The molecule has 5 aliphatic rings. The molecule has 3 N–H and O–H groups in total. The van der Waals surface area contributed by atoms with Crippen molar-refractivity contribution in [1.82, 2.24) is 0 Å². The van der Waals surface area contributed by atoms with E-state index < -0.39 is 29.0 Å². The Balaban J connectivity index is 1.58. The topological polar surface area (TPSA) is 94.8 Å². The van der Waals surface area contributed by atoms with Gasteiger partial charge in [-0.2, -0.15) is 0 Å². The first-order valence-corrected chi connectivity index (χ1v) is 14.0. The molecule has 12 atom stereocenters. The van der Waals surface area contributed by atoms with Gasteiger partial charge in [0.15, 0.2) is 5.78 Å². The van der Waals surface area contributed by atoms with Crippen molar-refractivity contribution in [2.45, 2.75) is 105 Å². The minimum absolute atomic E-state index is 0.00954. The summed E-state index contributed by atoms with van der Waals surface area (Å²) in [7, 11) is 0. The molecule has 0 radical (unpaired) electrons. The highest BCUT2D eigenvalue weighted by Gasteiger charge is 2.73. The number of carbonyl (C=O) groups is 2. The van der Waals surface area contributed by atoms with Crippen molar-refractivity contribution in [2.75, 3.05) is 0 Å². The Morgan fingerprint density at radius 2 is 1.69 bits per heavy atom. The number of ketones is 1. The van der Waals surface area contributed by atoms with Gasteiger partial charge in [0.1, 0.15) is 6.10 Å². The third-order valence-electron chi connectivity index (χ3n) is 13.4. The van der Waals surface area contributed by atoms with E-state index in [0.29, 0.717) is 25.2 Å². The highest BCUT2D eigenvalue weighted by molar-refractivity contribution is 5.86. The molecule has 12 unspecified atom stereocenters. The minimum Gasteiger partial charge on any atom is -0.481 e. The molecule has 5 aliphatic carbocycles. The standard InChI is InChI=1S/C30H46O5/c1-7-26(3)21-11-12-29(6)22(27(21,4)16-20(32)24(26)33)9-8-19-23-18(17(2)31)10-13-30(23,25(34)35)15-14-28(19,29)5/h7,17-19,21-24,31,33H,1,8-16H2,2-6H3,(H,34,35). The van der Waals surface area contributed by atoms with Gasteiger partial charge in [-0.25, -0.2) is 0 Å². The molecule has 35 heavy (non-hydrogen) atoms. The van der Waals surface area contributed by atoms with Crippen molar-refractivity contribution in [3.05, 3.63) is 12.7 Å². The lowest BCUT2D eigenvalue weighted by molar-refractivity contribution is -0.243. The monoisotopic (exact) mass is 486 g/mol. The van der Waals surface area contributed by atoms with E-state index in [-0.39, 0.29) is 45.7 Å². The number of carbonyl (C=O) groups excluding carboxylic acids is 1. The highest BCUT2D eigenvalue weighted by atomic mass is 16.4. The summed E-state index contributed by atoms with van der Waals surface area (Å²) in [4.78, 5) is 25.9. The third kappa shape index (κ3) is 2.89. The van der Waals surface area contributed by atoms with Crippen molar-refractivity contribution in [1.29, 1.82) is 0 Å². The minimum atomic E-state index is -0.981. The number of Topliss-reactive ketones (excluding diaryl/α,β-unsaturated/α-hetero) is 1. The number of rotatable bonds is 3. The highest BCUT2D eigenvalue weighted by Crippen LogP contribution is 2.77. The van der Waals surface area contributed by atoms with E-state index in [4.69, 9.17) is 0 Å². The van der Waals surface area contributed by atoms with Crippen molar-refractivity contribution < 1.29 is 24.9 Å². The molecular formula is C30H46O5. The summed E-state index contributed by atoms with van der Waals surface area (Å²) in [6, 6.07) is 0. The van der Waals surface area contributed by atoms with E-state index in [2.05, 4.69) is 27.4 Å². The van der Waals surface area contributed by atoms with E-state index in [1.54, 1.807) is 0 Å². The summed E-state index contributed by atoms with van der Waals surface area (Å²) in [5, 5.41) is 32.1. The molecule has 0 aliphatic heterocycles. The zero-order valence-corrected chi connectivity index (χ0v) is 22.3. The SMILES string of the molecule is C=CC1(C)C(O)C(=O)CC2(C)C1CCC1(C)C2CCC2C3C(C(C)O)CCC3(C(=O)O)CCC21C. The van der Waals surface area contributed by atoms with Gasteiger partial charge in [0.25, 0.3) is 0 Å². The first-order chi connectivity index (χ1) is 16.2. The number of aliphatic hydroxyl groups is 2. The maximum atomic E-state index is 13.2. The molecule has 0 heterocycles. The molecule has 0 saturated heterocycles. The predicted octanol–water partition coefficient (Wildman–Crippen LogP) is 5.24. The fourth-order valence-electron chi connectivity index (χ4n) is 11.5. The average Bonchev–Trinajstić information content (AvgIpc) is 3.19. The summed E-state index contributed by atoms with van der Waals surface area (Å²) >= 11 is 0. The number of fused-ring (bicyclic) bond motifs is 7. The second kappa shape index (κ2) is 7.66. The fourth-order valence-corrected chi connectivity index (χ4v) is 11.5. The zero-order chi connectivity index (χ0) is 25.8. The number of hydrogen-bond acceptors (Lipinski definition) is 4. The van der Waals surface area contributed by atoms with E-state index >= 15 is 0 Å². The van der Waals surface area contributed by atoms with Gasteiger partial charge in [0.2, 0.25) is 0 Å². The normalized spacial score (nSPS) is 56.3. The first kappa shape index (κ1) is 25.4. The van der Waals surface area contributed by atoms with Gasteiger partial charge in [0.05, 0.1) is 11.5 Å². The lowest BCUT2D eigenvalue weighted by atomic mass is 9.32. The molecule has 0 aromatic carbocycles. The number of carboxylic acid groups (broad SMARTS) is 1. The van der Waals surface area contributed by atoms with Crippen LogP contribution in [-0.2, 0) is 9.59 Å². The van der Waals surface area contributed by atoms with Crippen molar-refractivity contribution in [3.63, 3.8) is 0 Å².